The highest BCUT2D eigenvalue weighted by Gasteiger charge is 2.11. The zero-order valence-electron chi connectivity index (χ0n) is 6.05. The normalized spacial score (nSPS) is 24.6. The van der Waals surface area contributed by atoms with E-state index < -0.39 is 0 Å². The Labute approximate surface area is 61.1 Å². The van der Waals surface area contributed by atoms with Crippen LogP contribution in [0.5, 0.6) is 0 Å². The van der Waals surface area contributed by atoms with E-state index in [1.54, 1.807) is 0 Å². The molecule has 0 bridgehead atoms. The van der Waals surface area contributed by atoms with Crippen LogP contribution in [0.3, 0.4) is 0 Å². The molecule has 0 unspecified atom stereocenters. The fourth-order valence-electron chi connectivity index (χ4n) is 1.33. The molecular weight excluding hydrogens is 126 g/mol. The number of hydrogen-bond acceptors (Lipinski definition) is 1. The highest BCUT2D eigenvalue weighted by Crippen LogP contribution is 2.20. The second-order valence-electron chi connectivity index (χ2n) is 2.82. The average Bonchev–Trinajstić information content (AvgIpc) is 1.88. The quantitative estimate of drug-likeness (QED) is 0.574. The van der Waals surface area contributed by atoms with Crippen molar-refractivity contribution in [2.75, 3.05) is 0 Å². The van der Waals surface area contributed by atoms with Crippen molar-refractivity contribution < 1.29 is 4.79 Å². The number of carbonyl (C=O) groups excluding carboxylic acids is 1. The molecule has 1 rings (SSSR count). The van der Waals surface area contributed by atoms with Crippen LogP contribution in [0, 0.1) is 5.92 Å². The van der Waals surface area contributed by atoms with Crippen molar-refractivity contribution in [2.24, 2.45) is 11.7 Å². The number of nitrogens with two attached hydrogens (primary N) is 1. The summed E-state index contributed by atoms with van der Waals surface area (Å²) in [6, 6.07) is 0. The minimum Gasteiger partial charge on any atom is -0.370 e. The molecule has 0 aromatic rings. The summed E-state index contributed by atoms with van der Waals surface area (Å²) in [6.45, 7) is 0. The van der Waals surface area contributed by atoms with Crippen molar-refractivity contribution >= 4 is 5.91 Å². The molecule has 1 atom stereocenters. The summed E-state index contributed by atoms with van der Waals surface area (Å²) in [4.78, 5) is 10.5. The molecule has 0 fully saturated rings. The van der Waals surface area contributed by atoms with Gasteiger partial charge in [-0.25, -0.2) is 0 Å². The first-order chi connectivity index (χ1) is 4.79. The van der Waals surface area contributed by atoms with Gasteiger partial charge in [-0.1, -0.05) is 12.2 Å². The minimum absolute atomic E-state index is 0.166. The predicted molar refractivity (Wildman–Crippen MR) is 40.3 cm³/mol. The maximum absolute atomic E-state index is 10.5. The molecule has 1 aliphatic carbocycles. The number of allylic oxidation sites excluding steroid dienone is 2. The van der Waals surface area contributed by atoms with Crippen molar-refractivity contribution in [1.82, 2.24) is 0 Å². The third-order valence-corrected chi connectivity index (χ3v) is 1.87. The van der Waals surface area contributed by atoms with Crippen LogP contribution >= 0.6 is 0 Å². The van der Waals surface area contributed by atoms with E-state index in [0.29, 0.717) is 12.3 Å². The van der Waals surface area contributed by atoms with Crippen LogP contribution in [0.15, 0.2) is 12.2 Å². The summed E-state index contributed by atoms with van der Waals surface area (Å²) in [5.74, 6) is 0.350. The number of hydrogen-bond donors (Lipinski definition) is 1. The summed E-state index contributed by atoms with van der Waals surface area (Å²) in [5, 5.41) is 0. The molecule has 2 heteroatoms. The third-order valence-electron chi connectivity index (χ3n) is 1.87. The van der Waals surface area contributed by atoms with E-state index in [9.17, 15) is 4.79 Å². The highest BCUT2D eigenvalue weighted by molar-refractivity contribution is 5.74. The molecule has 0 saturated carbocycles. The van der Waals surface area contributed by atoms with Crippen molar-refractivity contribution in [2.45, 2.75) is 25.7 Å². The third kappa shape index (κ3) is 2.21. The van der Waals surface area contributed by atoms with Crippen LogP contribution < -0.4 is 5.73 Å². The monoisotopic (exact) mass is 139 g/mol. The highest BCUT2D eigenvalue weighted by atomic mass is 16.1. The van der Waals surface area contributed by atoms with E-state index in [2.05, 4.69) is 12.2 Å². The van der Waals surface area contributed by atoms with Crippen molar-refractivity contribution in [1.29, 1.82) is 0 Å². The molecule has 0 spiro atoms. The molecule has 0 saturated heterocycles. The van der Waals surface area contributed by atoms with E-state index in [1.165, 1.54) is 0 Å². The first kappa shape index (κ1) is 7.32. The Morgan fingerprint density at radius 1 is 1.60 bits per heavy atom. The Morgan fingerprint density at radius 2 is 2.40 bits per heavy atom. The number of rotatable bonds is 2. The average molecular weight is 139 g/mol. The molecule has 0 heterocycles. The van der Waals surface area contributed by atoms with Gasteiger partial charge in [-0.15, -0.1) is 0 Å². The number of carbonyl (C=O) groups is 1. The first-order valence-corrected chi connectivity index (χ1v) is 3.72. The van der Waals surface area contributed by atoms with Crippen LogP contribution in [0.25, 0.3) is 0 Å². The summed E-state index contributed by atoms with van der Waals surface area (Å²) in [7, 11) is 0. The van der Waals surface area contributed by atoms with E-state index in [1.807, 2.05) is 0 Å². The molecule has 56 valence electrons. The van der Waals surface area contributed by atoms with Gasteiger partial charge in [0.25, 0.3) is 0 Å². The second kappa shape index (κ2) is 3.40. The Hall–Kier alpha value is -0.790. The van der Waals surface area contributed by atoms with Gasteiger partial charge in [0.15, 0.2) is 0 Å². The van der Waals surface area contributed by atoms with E-state index in [0.717, 1.165) is 19.3 Å². The zero-order valence-corrected chi connectivity index (χ0v) is 6.05. The van der Waals surface area contributed by atoms with Gasteiger partial charge in [-0.05, 0) is 25.2 Å². The summed E-state index contributed by atoms with van der Waals surface area (Å²) >= 11 is 0. The first-order valence-electron chi connectivity index (χ1n) is 3.72. The fraction of sp³-hybridized carbons (Fsp3) is 0.625. The minimum atomic E-state index is -0.166. The van der Waals surface area contributed by atoms with Crippen molar-refractivity contribution in [3.8, 4) is 0 Å². The molecular formula is C8H13NO. The topological polar surface area (TPSA) is 43.1 Å². The maximum atomic E-state index is 10.5. The molecule has 2 nitrogen and oxygen atoms in total. The lowest BCUT2D eigenvalue weighted by atomic mass is 9.91. The van der Waals surface area contributed by atoms with Gasteiger partial charge in [-0.2, -0.15) is 0 Å². The van der Waals surface area contributed by atoms with E-state index in [-0.39, 0.29) is 5.91 Å². The van der Waals surface area contributed by atoms with Gasteiger partial charge in [0.2, 0.25) is 5.91 Å². The largest absolute Gasteiger partial charge is 0.370 e. The summed E-state index contributed by atoms with van der Waals surface area (Å²) in [6.07, 6.45) is 8.12. The maximum Gasteiger partial charge on any atom is 0.217 e. The van der Waals surface area contributed by atoms with Gasteiger partial charge in [0, 0.05) is 6.42 Å². The van der Waals surface area contributed by atoms with Gasteiger partial charge in [0.05, 0.1) is 0 Å². The summed E-state index contributed by atoms with van der Waals surface area (Å²) < 4.78 is 0. The lowest BCUT2D eigenvalue weighted by Gasteiger charge is -2.14. The Bertz CT molecular complexity index is 151. The molecule has 10 heavy (non-hydrogen) atoms. The van der Waals surface area contributed by atoms with Gasteiger partial charge < -0.3 is 5.73 Å². The second-order valence-corrected chi connectivity index (χ2v) is 2.82. The standard InChI is InChI=1S/C8H13NO/c9-8(10)6-7-4-2-1-3-5-7/h1-2,7H,3-6H2,(H2,9,10)/t7-/m0/s1. The molecule has 1 aliphatic rings. The molecule has 1 amide bonds. The summed E-state index contributed by atoms with van der Waals surface area (Å²) in [5.41, 5.74) is 5.06. The zero-order chi connectivity index (χ0) is 7.40. The fourth-order valence-corrected chi connectivity index (χ4v) is 1.33. The van der Waals surface area contributed by atoms with Crippen LogP contribution in [-0.4, -0.2) is 5.91 Å². The SMILES string of the molecule is NC(=O)C[C@H]1CC=CCC1. The number of amides is 1. The Balaban J connectivity index is 2.28. The number of primary amides is 1. The Morgan fingerprint density at radius 3 is 2.90 bits per heavy atom. The predicted octanol–water partition coefficient (Wildman–Crippen LogP) is 1.22. The molecule has 0 aliphatic heterocycles. The molecule has 0 aromatic carbocycles. The lowest BCUT2D eigenvalue weighted by Crippen LogP contribution is -2.16. The van der Waals surface area contributed by atoms with E-state index >= 15 is 0 Å². The molecule has 0 aromatic heterocycles. The Kier molecular flexibility index (Phi) is 2.49. The van der Waals surface area contributed by atoms with Crippen molar-refractivity contribution in [3.63, 3.8) is 0 Å². The van der Waals surface area contributed by atoms with E-state index in [4.69, 9.17) is 5.73 Å². The van der Waals surface area contributed by atoms with Gasteiger partial charge in [-0.3, -0.25) is 4.79 Å². The van der Waals surface area contributed by atoms with Crippen LogP contribution in [0.1, 0.15) is 25.7 Å². The van der Waals surface area contributed by atoms with Gasteiger partial charge >= 0.3 is 0 Å². The van der Waals surface area contributed by atoms with Crippen LogP contribution in [-0.2, 0) is 4.79 Å². The van der Waals surface area contributed by atoms with Gasteiger partial charge in [0.1, 0.15) is 0 Å². The van der Waals surface area contributed by atoms with Crippen LogP contribution in [0.4, 0.5) is 0 Å². The smallest absolute Gasteiger partial charge is 0.217 e. The van der Waals surface area contributed by atoms with Crippen molar-refractivity contribution in [3.05, 3.63) is 12.2 Å². The molecule has 0 radical (unpaired) electrons. The molecule has 2 N–H and O–H groups in total. The van der Waals surface area contributed by atoms with Crippen LogP contribution in [0.2, 0.25) is 0 Å². The lowest BCUT2D eigenvalue weighted by molar-refractivity contribution is -0.118.